The topological polar surface area (TPSA) is 276 Å². The van der Waals surface area contributed by atoms with Crippen LogP contribution in [0.3, 0.4) is 0 Å². The third kappa shape index (κ3) is 33.4. The van der Waals surface area contributed by atoms with Crippen molar-refractivity contribution in [3.05, 3.63) is 193 Å². The molecule has 0 aliphatic rings. The predicted molar refractivity (Wildman–Crippen MR) is 329 cm³/mol. The van der Waals surface area contributed by atoms with Gasteiger partial charge in [-0.25, -0.2) is 19.9 Å². The van der Waals surface area contributed by atoms with Crippen molar-refractivity contribution in [1.82, 2.24) is 91.1 Å². The number of rotatable bonds is 10. The molecule has 0 atom stereocenters. The molecule has 20 nitrogen and oxygen atoms in total. The van der Waals surface area contributed by atoms with Gasteiger partial charge in [0.05, 0.1) is 24.4 Å². The maximum absolute atomic E-state index is 4.98. The maximum Gasteiger partial charge on any atom is 0.180 e. The maximum atomic E-state index is 4.98. The number of hydrogen-bond acceptors (Lipinski definition) is 14. The average molecular weight is 1130 g/mol. The number of hydrogen-bond donors (Lipinski definition) is 6. The zero-order valence-electron chi connectivity index (χ0n) is 52.7. The number of aromatic nitrogens is 18. The normalized spacial score (nSPS) is 10.3. The lowest BCUT2D eigenvalue weighted by Crippen LogP contribution is -1.88. The van der Waals surface area contributed by atoms with Crippen LogP contribution in [0.5, 0.6) is 0 Å². The highest BCUT2D eigenvalue weighted by Crippen LogP contribution is 2.15. The van der Waals surface area contributed by atoms with E-state index in [-0.39, 0.29) is 0 Å². The summed E-state index contributed by atoms with van der Waals surface area (Å²) in [5, 5.41) is 33.3. The first-order valence-electron chi connectivity index (χ1n) is 28.3. The first-order chi connectivity index (χ1) is 39.0. The van der Waals surface area contributed by atoms with Gasteiger partial charge in [-0.05, 0) is 88.4 Å². The molecule has 0 aliphatic heterocycles. The Kier molecular flexibility index (Phi) is 37.4. The zero-order valence-corrected chi connectivity index (χ0v) is 52.7. The minimum atomic E-state index is 0.369. The Morgan fingerprint density at radius 1 is 0.439 bits per heavy atom. The third-order valence-electron chi connectivity index (χ3n) is 11.3. The van der Waals surface area contributed by atoms with Crippen molar-refractivity contribution in [3.8, 4) is 0 Å². The Hall–Kier alpha value is -8.16. The van der Waals surface area contributed by atoms with Crippen LogP contribution < -0.4 is 0 Å². The standard InChI is InChI=1S/2C8H11N.5C6H10N2.2C6H9NO.C4H8N4/c1-7(2)8-3-5-9-6-4-8;1-7(2)8-4-3-5-9-6-8;1-5(2)6-3-7-4-8-6;1-5(2)6-3-7-8-4-6;1-5(2)6-7-3-4-8-6;2*1-5(2)6-3-4-7-8-6;1-5(2)6-3-8-4-7-6;1-5(2)6-3-7-4-8-6;1-3(2)4-5-7-8-6-4/h2*3-7H,1-2H3;5*3-5H,1-2H3,(H,7,8);2*3-5H,1-2H3;3H,1-2H3,(H,5,6,7,8). The first kappa shape index (κ1) is 71.9. The molecular formula is C62H98N18O2. The summed E-state index contributed by atoms with van der Waals surface area (Å²) < 4.78 is 9.75. The molecular weight excluding hydrogens is 1030 g/mol. The average Bonchev–Trinajstić information content (AvgIpc) is 4.32. The number of oxazole rings is 2. The Labute approximate surface area is 488 Å². The Balaban J connectivity index is 0.000000456. The van der Waals surface area contributed by atoms with Crippen LogP contribution in [0.15, 0.2) is 145 Å². The van der Waals surface area contributed by atoms with E-state index in [9.17, 15) is 0 Å². The minimum Gasteiger partial charge on any atom is -0.451 e. The molecule has 0 unspecified atom stereocenters. The summed E-state index contributed by atoms with van der Waals surface area (Å²) in [6, 6.07) is 12.1. The molecule has 448 valence electrons. The molecule has 10 aromatic rings. The monoisotopic (exact) mass is 1130 g/mol. The lowest BCUT2D eigenvalue weighted by atomic mass is 10.1. The van der Waals surface area contributed by atoms with Gasteiger partial charge in [0.1, 0.15) is 17.8 Å². The Morgan fingerprint density at radius 3 is 1.30 bits per heavy atom. The van der Waals surface area contributed by atoms with Crippen LogP contribution in [-0.4, -0.2) is 91.1 Å². The number of aromatic amines is 6. The number of nitrogens with zero attached hydrogens (tertiary/aromatic N) is 12. The number of H-pyrrole nitrogens is 6. The summed E-state index contributed by atoms with van der Waals surface area (Å²) in [5.41, 5.74) is 8.54. The largest absolute Gasteiger partial charge is 0.451 e. The van der Waals surface area contributed by atoms with Crippen molar-refractivity contribution in [3.63, 3.8) is 0 Å². The molecule has 0 amide bonds. The number of nitrogens with one attached hydrogen (secondary N) is 6. The van der Waals surface area contributed by atoms with E-state index < -0.39 is 0 Å². The van der Waals surface area contributed by atoms with Gasteiger partial charge in [0.2, 0.25) is 0 Å². The van der Waals surface area contributed by atoms with Crippen molar-refractivity contribution >= 4 is 0 Å². The van der Waals surface area contributed by atoms with E-state index in [1.165, 1.54) is 46.6 Å². The molecule has 82 heavy (non-hydrogen) atoms. The van der Waals surface area contributed by atoms with Crippen LogP contribution in [-0.2, 0) is 0 Å². The van der Waals surface area contributed by atoms with Gasteiger partial charge >= 0.3 is 0 Å². The number of tetrazole rings is 1. The summed E-state index contributed by atoms with van der Waals surface area (Å²) in [7, 11) is 0. The second-order valence-corrected chi connectivity index (χ2v) is 21.7. The zero-order chi connectivity index (χ0) is 61.2. The fourth-order valence-electron chi connectivity index (χ4n) is 5.83. The Bertz CT molecular complexity index is 2280. The van der Waals surface area contributed by atoms with Crippen LogP contribution in [0.2, 0.25) is 0 Å². The summed E-state index contributed by atoms with van der Waals surface area (Å²) in [5.74, 6) is 8.11. The summed E-state index contributed by atoms with van der Waals surface area (Å²) in [4.78, 5) is 29.7. The van der Waals surface area contributed by atoms with Gasteiger partial charge in [-0.15, -0.1) is 10.2 Å². The summed E-state index contributed by atoms with van der Waals surface area (Å²) in [6.07, 6.45) is 28.2. The highest BCUT2D eigenvalue weighted by Gasteiger charge is 2.03. The molecule has 0 bridgehead atoms. The van der Waals surface area contributed by atoms with E-state index in [4.69, 9.17) is 8.83 Å². The van der Waals surface area contributed by atoms with E-state index in [2.05, 4.69) is 222 Å². The highest BCUT2D eigenvalue weighted by molar-refractivity contribution is 5.14. The van der Waals surface area contributed by atoms with Crippen molar-refractivity contribution in [2.24, 2.45) is 0 Å². The lowest BCUT2D eigenvalue weighted by Gasteiger charge is -2.01. The Morgan fingerprint density at radius 2 is 1.06 bits per heavy atom. The second kappa shape index (κ2) is 42.7. The molecule has 10 rings (SSSR count). The van der Waals surface area contributed by atoms with Gasteiger partial charge < -0.3 is 18.8 Å². The first-order valence-corrected chi connectivity index (χ1v) is 28.3. The summed E-state index contributed by atoms with van der Waals surface area (Å²) >= 11 is 0. The van der Waals surface area contributed by atoms with Crippen LogP contribution >= 0.6 is 0 Å². The quantitative estimate of drug-likeness (QED) is 0.0743. The smallest absolute Gasteiger partial charge is 0.180 e. The van der Waals surface area contributed by atoms with Gasteiger partial charge in [-0.2, -0.15) is 20.5 Å². The SMILES string of the molecule is CC(C)c1cccnc1.CC(C)c1ccn[nH]1.CC(C)c1ccn[nH]1.CC(C)c1ccncc1.CC(C)c1cn[nH]c1.CC(C)c1cnc[nH]1.CC(C)c1cnco1.CC(C)c1cocn1.CC(C)c1ncc[nH]1.CC(C)c1nn[nH]n1. The molecule has 0 aliphatic carbocycles. The van der Waals surface area contributed by atoms with E-state index in [1.54, 1.807) is 43.6 Å². The molecule has 0 aromatic carbocycles. The minimum absolute atomic E-state index is 0.369. The predicted octanol–water partition coefficient (Wildman–Crippen LogP) is 16.0. The molecule has 20 heteroatoms. The molecule has 0 saturated carbocycles. The van der Waals surface area contributed by atoms with E-state index in [1.807, 2.05) is 87.6 Å². The van der Waals surface area contributed by atoms with Crippen molar-refractivity contribution in [2.75, 3.05) is 0 Å². The summed E-state index contributed by atoms with van der Waals surface area (Å²) in [6.45, 7) is 42.3. The van der Waals surface area contributed by atoms with Gasteiger partial charge in [0.25, 0.3) is 0 Å². The fourth-order valence-corrected chi connectivity index (χ4v) is 5.83. The fraction of sp³-hybridized carbons (Fsp3) is 0.484. The van der Waals surface area contributed by atoms with Crippen LogP contribution in [0.25, 0.3) is 0 Å². The van der Waals surface area contributed by atoms with Gasteiger partial charge in [0, 0.05) is 96.8 Å². The van der Waals surface area contributed by atoms with Gasteiger partial charge in [-0.1, -0.05) is 150 Å². The highest BCUT2D eigenvalue weighted by atomic mass is 16.3. The van der Waals surface area contributed by atoms with Gasteiger partial charge in [0.15, 0.2) is 18.6 Å². The van der Waals surface area contributed by atoms with E-state index in [0.29, 0.717) is 59.2 Å². The third-order valence-corrected chi connectivity index (χ3v) is 11.3. The van der Waals surface area contributed by atoms with E-state index >= 15 is 0 Å². The second-order valence-electron chi connectivity index (χ2n) is 21.7. The number of imidazole rings is 2. The lowest BCUT2D eigenvalue weighted by molar-refractivity contribution is 0.482. The molecule has 10 aromatic heterocycles. The van der Waals surface area contributed by atoms with Crippen LogP contribution in [0.4, 0.5) is 0 Å². The van der Waals surface area contributed by atoms with Crippen LogP contribution in [0.1, 0.15) is 255 Å². The molecule has 0 saturated heterocycles. The van der Waals surface area contributed by atoms with Crippen molar-refractivity contribution in [1.29, 1.82) is 0 Å². The van der Waals surface area contributed by atoms with Gasteiger partial charge in [-0.3, -0.25) is 25.3 Å². The van der Waals surface area contributed by atoms with E-state index in [0.717, 1.165) is 23.1 Å². The molecule has 0 fully saturated rings. The van der Waals surface area contributed by atoms with Crippen molar-refractivity contribution < 1.29 is 8.83 Å². The molecule has 10 heterocycles. The molecule has 6 N–H and O–H groups in total. The molecule has 0 radical (unpaired) electrons. The number of pyridine rings is 2. The molecule has 0 spiro atoms. The van der Waals surface area contributed by atoms with Crippen LogP contribution in [0, 0.1) is 0 Å². The van der Waals surface area contributed by atoms with Crippen molar-refractivity contribution in [2.45, 2.75) is 198 Å².